The van der Waals surface area contributed by atoms with Gasteiger partial charge in [-0.3, -0.25) is 4.79 Å². The van der Waals surface area contributed by atoms with Crippen LogP contribution in [0.1, 0.15) is 24.4 Å². The number of carboxylic acids is 1. The van der Waals surface area contributed by atoms with E-state index in [4.69, 9.17) is 5.11 Å². The van der Waals surface area contributed by atoms with Gasteiger partial charge in [-0.05, 0) is 12.0 Å². The Kier molecular flexibility index (Phi) is 6.42. The molecule has 0 saturated carbocycles. The normalized spacial score (nSPS) is 11.9. The number of halogens is 2. The summed E-state index contributed by atoms with van der Waals surface area (Å²) in [6.45, 7) is 0.114. The number of benzene rings is 1. The van der Waals surface area contributed by atoms with Gasteiger partial charge in [-0.1, -0.05) is 30.3 Å². The topological polar surface area (TPSA) is 78.4 Å². The van der Waals surface area contributed by atoms with Crippen LogP contribution in [-0.2, 0) is 4.79 Å². The van der Waals surface area contributed by atoms with Crippen molar-refractivity contribution in [1.29, 1.82) is 0 Å². The summed E-state index contributed by atoms with van der Waals surface area (Å²) in [5, 5.41) is 12.9. The smallest absolute Gasteiger partial charge is 0.315 e. The first-order valence-corrected chi connectivity index (χ1v) is 6.10. The van der Waals surface area contributed by atoms with Gasteiger partial charge < -0.3 is 15.7 Å². The third-order valence-electron chi connectivity index (χ3n) is 2.55. The largest absolute Gasteiger partial charge is 0.481 e. The van der Waals surface area contributed by atoms with Gasteiger partial charge in [0.05, 0.1) is 0 Å². The van der Waals surface area contributed by atoms with E-state index >= 15 is 0 Å². The van der Waals surface area contributed by atoms with Crippen LogP contribution in [0.4, 0.5) is 13.6 Å². The van der Waals surface area contributed by atoms with Crippen LogP contribution in [0.15, 0.2) is 30.3 Å². The Balaban J connectivity index is 2.46. The summed E-state index contributed by atoms with van der Waals surface area (Å²) >= 11 is 0. The molecule has 0 aliphatic carbocycles. The molecule has 110 valence electrons. The van der Waals surface area contributed by atoms with Crippen molar-refractivity contribution in [3.05, 3.63) is 35.9 Å². The molecule has 1 rings (SSSR count). The number of alkyl halides is 2. The fourth-order valence-corrected chi connectivity index (χ4v) is 1.59. The molecule has 1 atom stereocenters. The Morgan fingerprint density at radius 3 is 2.40 bits per heavy atom. The minimum Gasteiger partial charge on any atom is -0.481 e. The Morgan fingerprint density at radius 2 is 1.85 bits per heavy atom. The van der Waals surface area contributed by atoms with E-state index in [1.807, 2.05) is 0 Å². The second-order valence-electron chi connectivity index (χ2n) is 4.12. The number of carbonyl (C=O) groups excluding carboxylic acids is 1. The number of aliphatic carboxylic acids is 1. The van der Waals surface area contributed by atoms with Gasteiger partial charge in [0.1, 0.15) is 6.04 Å². The van der Waals surface area contributed by atoms with Crippen molar-refractivity contribution < 1.29 is 23.5 Å². The molecule has 0 bridgehead atoms. The lowest BCUT2D eigenvalue weighted by molar-refractivity contribution is -0.137. The summed E-state index contributed by atoms with van der Waals surface area (Å²) in [5.74, 6) is -0.970. The van der Waals surface area contributed by atoms with E-state index < -0.39 is 24.5 Å². The molecule has 0 spiro atoms. The maximum atomic E-state index is 12.9. The van der Waals surface area contributed by atoms with E-state index in [0.29, 0.717) is 5.56 Å². The highest BCUT2D eigenvalue weighted by molar-refractivity contribution is 5.74. The first-order valence-electron chi connectivity index (χ1n) is 6.10. The first kappa shape index (κ1) is 15.9. The fraction of sp³-hybridized carbons (Fsp3) is 0.385. The summed E-state index contributed by atoms with van der Waals surface area (Å²) in [6, 6.07) is 5.77. The highest BCUT2D eigenvalue weighted by Gasteiger charge is 2.23. The molecule has 0 radical (unpaired) electrons. The van der Waals surface area contributed by atoms with E-state index in [-0.39, 0.29) is 19.4 Å². The van der Waals surface area contributed by atoms with Gasteiger partial charge in [0.25, 0.3) is 6.43 Å². The number of carbonyl (C=O) groups is 2. The zero-order valence-corrected chi connectivity index (χ0v) is 10.7. The van der Waals surface area contributed by atoms with Gasteiger partial charge in [0.2, 0.25) is 0 Å². The van der Waals surface area contributed by atoms with Gasteiger partial charge in [0, 0.05) is 13.0 Å². The predicted octanol–water partition coefficient (Wildman–Crippen LogP) is 2.16. The highest BCUT2D eigenvalue weighted by Crippen LogP contribution is 2.19. The van der Waals surface area contributed by atoms with Gasteiger partial charge in [-0.15, -0.1) is 0 Å². The number of carboxylic acid groups (broad SMARTS) is 1. The molecule has 7 heteroatoms. The second kappa shape index (κ2) is 8.08. The number of amides is 2. The van der Waals surface area contributed by atoms with Crippen LogP contribution in [0.3, 0.4) is 0 Å². The van der Waals surface area contributed by atoms with Gasteiger partial charge in [-0.25, -0.2) is 13.6 Å². The SMILES string of the molecule is O=C(O)CCCNC(=O)NC(c1ccccc1)C(F)F. The molecular formula is C13H16F2N2O3. The molecule has 5 nitrogen and oxygen atoms in total. The lowest BCUT2D eigenvalue weighted by atomic mass is 10.1. The van der Waals surface area contributed by atoms with Crippen LogP contribution in [-0.4, -0.2) is 30.1 Å². The molecule has 2 amide bonds. The van der Waals surface area contributed by atoms with E-state index in [1.54, 1.807) is 18.2 Å². The molecule has 0 aliphatic rings. The average Bonchev–Trinajstić information content (AvgIpc) is 2.41. The van der Waals surface area contributed by atoms with Crippen molar-refractivity contribution in [2.75, 3.05) is 6.54 Å². The Labute approximate surface area is 115 Å². The van der Waals surface area contributed by atoms with Crippen molar-refractivity contribution in [1.82, 2.24) is 10.6 Å². The predicted molar refractivity (Wildman–Crippen MR) is 68.6 cm³/mol. The molecule has 1 aromatic carbocycles. The number of hydrogen-bond donors (Lipinski definition) is 3. The van der Waals surface area contributed by atoms with Crippen molar-refractivity contribution in [3.63, 3.8) is 0 Å². The van der Waals surface area contributed by atoms with Crippen molar-refractivity contribution in [2.45, 2.75) is 25.3 Å². The van der Waals surface area contributed by atoms with E-state index in [1.165, 1.54) is 12.1 Å². The maximum absolute atomic E-state index is 12.9. The standard InChI is InChI=1S/C13H16F2N2O3/c14-12(15)11(9-5-2-1-3-6-9)17-13(20)16-8-4-7-10(18)19/h1-3,5-6,11-12H,4,7-8H2,(H,18,19)(H2,16,17,20). The van der Waals surface area contributed by atoms with Crippen molar-refractivity contribution in [3.8, 4) is 0 Å². The van der Waals surface area contributed by atoms with E-state index in [9.17, 15) is 18.4 Å². The lowest BCUT2D eigenvalue weighted by Crippen LogP contribution is -2.40. The molecule has 1 unspecified atom stereocenters. The van der Waals surface area contributed by atoms with Crippen LogP contribution in [0.25, 0.3) is 0 Å². The fourth-order valence-electron chi connectivity index (χ4n) is 1.59. The lowest BCUT2D eigenvalue weighted by Gasteiger charge is -2.18. The molecule has 3 N–H and O–H groups in total. The Morgan fingerprint density at radius 1 is 1.20 bits per heavy atom. The molecule has 0 fully saturated rings. The molecule has 0 saturated heterocycles. The number of rotatable bonds is 7. The van der Waals surface area contributed by atoms with E-state index in [0.717, 1.165) is 0 Å². The molecule has 0 aromatic heterocycles. The first-order chi connectivity index (χ1) is 9.50. The Bertz CT molecular complexity index is 441. The van der Waals surface area contributed by atoms with Crippen LogP contribution in [0.5, 0.6) is 0 Å². The van der Waals surface area contributed by atoms with Crippen LogP contribution in [0.2, 0.25) is 0 Å². The van der Waals surface area contributed by atoms with Gasteiger partial charge in [0.15, 0.2) is 0 Å². The second-order valence-corrected chi connectivity index (χ2v) is 4.12. The van der Waals surface area contributed by atoms with Gasteiger partial charge >= 0.3 is 12.0 Å². The minimum atomic E-state index is -2.73. The highest BCUT2D eigenvalue weighted by atomic mass is 19.3. The molecule has 0 heterocycles. The summed E-state index contributed by atoms with van der Waals surface area (Å²) in [7, 11) is 0. The maximum Gasteiger partial charge on any atom is 0.315 e. The summed E-state index contributed by atoms with van der Waals surface area (Å²) in [4.78, 5) is 21.7. The van der Waals surface area contributed by atoms with Gasteiger partial charge in [-0.2, -0.15) is 0 Å². The van der Waals surface area contributed by atoms with Crippen molar-refractivity contribution in [2.24, 2.45) is 0 Å². The zero-order valence-electron chi connectivity index (χ0n) is 10.7. The number of hydrogen-bond acceptors (Lipinski definition) is 2. The summed E-state index contributed by atoms with van der Waals surface area (Å²) in [6.07, 6.45) is -2.58. The van der Waals surface area contributed by atoms with Crippen LogP contribution in [0, 0.1) is 0 Å². The number of urea groups is 1. The zero-order chi connectivity index (χ0) is 15.0. The third-order valence-corrected chi connectivity index (χ3v) is 2.55. The summed E-state index contributed by atoms with van der Waals surface area (Å²) in [5.41, 5.74) is 0.309. The van der Waals surface area contributed by atoms with E-state index in [2.05, 4.69) is 10.6 Å². The van der Waals surface area contributed by atoms with Crippen molar-refractivity contribution >= 4 is 12.0 Å². The molecule has 20 heavy (non-hydrogen) atoms. The third kappa shape index (κ3) is 5.64. The molecule has 1 aromatic rings. The Hall–Kier alpha value is -2.18. The van der Waals surface area contributed by atoms with Crippen LogP contribution < -0.4 is 10.6 Å². The van der Waals surface area contributed by atoms with Crippen LogP contribution >= 0.6 is 0 Å². The summed E-state index contributed by atoms with van der Waals surface area (Å²) < 4.78 is 25.8. The molecule has 0 aliphatic heterocycles. The molecular weight excluding hydrogens is 270 g/mol. The quantitative estimate of drug-likeness (QED) is 0.672. The number of nitrogens with one attached hydrogen (secondary N) is 2. The minimum absolute atomic E-state index is 0.0861. The monoisotopic (exact) mass is 286 g/mol. The average molecular weight is 286 g/mol.